The van der Waals surface area contributed by atoms with Crippen LogP contribution in [0.2, 0.25) is 0 Å². The molecule has 3 saturated heterocycles. The molecule has 4 unspecified atom stereocenters. The molecule has 0 aliphatic carbocycles. The highest BCUT2D eigenvalue weighted by Gasteiger charge is 2.81. The second-order valence-electron chi connectivity index (χ2n) is 12.1. The van der Waals surface area contributed by atoms with E-state index < -0.39 is 41.1 Å². The number of rotatable bonds is 14. The molecule has 1 aromatic carbocycles. The summed E-state index contributed by atoms with van der Waals surface area (Å²) < 4.78 is 12.6. The van der Waals surface area contributed by atoms with Gasteiger partial charge in [0.05, 0.1) is 30.8 Å². The first-order chi connectivity index (χ1) is 19.6. The maximum absolute atomic E-state index is 14.7. The minimum Gasteiger partial charge on any atom is -0.465 e. The Morgan fingerprint density at radius 3 is 2.59 bits per heavy atom. The molecule has 0 aromatic heterocycles. The Kier molecular flexibility index (Phi) is 9.44. The van der Waals surface area contributed by atoms with Crippen molar-refractivity contribution in [2.45, 2.75) is 89.1 Å². The molecule has 8 atom stereocenters. The molecular weight excluding hydrogens is 520 g/mol. The van der Waals surface area contributed by atoms with Crippen LogP contribution in [0.25, 0.3) is 0 Å². The predicted octanol–water partition coefficient (Wildman–Crippen LogP) is 4.44. The standard InChI is InChI=1S/C33H46N2O6/c1-7-10-14-19-40-31(39)27-26-29(37)35(25(21-36)24-16-12-11-13-17-24)28(33(26)20-22(4)32(27,6)41-33)30(38)34(18-9-3)23(5)15-8-2/h7,9,11-13,16-17,22-23,25-28,36H,1,3,8,10,14-15,18-21H2,2,4-6H3/t22?,23?,25-,26+,27-,28?,32+,33?/m1/s1. The van der Waals surface area contributed by atoms with E-state index in [1.165, 1.54) is 4.90 Å². The van der Waals surface area contributed by atoms with Crippen LogP contribution in [-0.4, -0.2) is 75.7 Å². The number of fused-ring (bicyclic) bond motifs is 1. The van der Waals surface area contributed by atoms with E-state index in [2.05, 4.69) is 20.1 Å². The monoisotopic (exact) mass is 566 g/mol. The van der Waals surface area contributed by atoms with Crippen molar-refractivity contribution in [2.75, 3.05) is 19.8 Å². The number of carbonyl (C=O) groups excluding carboxylic acids is 3. The molecule has 224 valence electrons. The number of allylic oxidation sites excluding steroid dienone is 1. The topological polar surface area (TPSA) is 96.4 Å². The minimum absolute atomic E-state index is 0.0977. The van der Waals surface area contributed by atoms with E-state index in [1.54, 1.807) is 17.1 Å². The zero-order valence-corrected chi connectivity index (χ0v) is 25.0. The molecule has 41 heavy (non-hydrogen) atoms. The van der Waals surface area contributed by atoms with Gasteiger partial charge >= 0.3 is 5.97 Å². The Balaban J connectivity index is 1.84. The van der Waals surface area contributed by atoms with Crippen molar-refractivity contribution < 1.29 is 29.0 Å². The third-order valence-corrected chi connectivity index (χ3v) is 9.58. The van der Waals surface area contributed by atoms with Gasteiger partial charge in [0.2, 0.25) is 11.8 Å². The molecule has 4 rings (SSSR count). The van der Waals surface area contributed by atoms with Crippen LogP contribution in [0.5, 0.6) is 0 Å². The SMILES string of the molecule is C=CCCCOC(=O)[C@H]1[C@H]2C(=O)N([C@H](CO)c3ccccc3)C(C(=O)N(CC=C)C(C)CCC)C23CC(C)[C@]1(C)O3. The lowest BCUT2D eigenvalue weighted by molar-refractivity contribution is -0.164. The van der Waals surface area contributed by atoms with Gasteiger partial charge in [0.1, 0.15) is 17.6 Å². The van der Waals surface area contributed by atoms with Gasteiger partial charge in [-0.2, -0.15) is 0 Å². The van der Waals surface area contributed by atoms with Crippen molar-refractivity contribution >= 4 is 17.8 Å². The zero-order valence-electron chi connectivity index (χ0n) is 25.0. The molecule has 0 radical (unpaired) electrons. The van der Waals surface area contributed by atoms with Gasteiger partial charge < -0.3 is 24.4 Å². The van der Waals surface area contributed by atoms with Gasteiger partial charge in [0.15, 0.2) is 0 Å². The van der Waals surface area contributed by atoms with Crippen LogP contribution in [0.3, 0.4) is 0 Å². The molecule has 2 amide bonds. The summed E-state index contributed by atoms with van der Waals surface area (Å²) in [5, 5.41) is 10.7. The summed E-state index contributed by atoms with van der Waals surface area (Å²) in [6.07, 6.45) is 6.94. The molecule has 2 bridgehead atoms. The molecular formula is C33H46N2O6. The molecule has 1 N–H and O–H groups in total. The van der Waals surface area contributed by atoms with Gasteiger partial charge in [-0.25, -0.2) is 0 Å². The highest BCUT2D eigenvalue weighted by Crippen LogP contribution is 2.66. The smallest absolute Gasteiger partial charge is 0.312 e. The van der Waals surface area contributed by atoms with E-state index in [4.69, 9.17) is 9.47 Å². The number of hydrogen-bond acceptors (Lipinski definition) is 6. The highest BCUT2D eigenvalue weighted by atomic mass is 16.6. The predicted molar refractivity (Wildman–Crippen MR) is 157 cm³/mol. The fraction of sp³-hybridized carbons (Fsp3) is 0.606. The summed E-state index contributed by atoms with van der Waals surface area (Å²) in [6.45, 7) is 15.7. The van der Waals surface area contributed by atoms with Gasteiger partial charge in [-0.05, 0) is 51.0 Å². The lowest BCUT2D eigenvalue weighted by Gasteiger charge is -2.41. The molecule has 0 saturated carbocycles. The maximum Gasteiger partial charge on any atom is 0.312 e. The number of aliphatic hydroxyl groups excluding tert-OH is 1. The number of esters is 1. The lowest BCUT2D eigenvalue weighted by Crippen LogP contribution is -2.58. The van der Waals surface area contributed by atoms with E-state index in [9.17, 15) is 19.5 Å². The molecule has 3 heterocycles. The number of ether oxygens (including phenoxy) is 2. The van der Waals surface area contributed by atoms with Crippen molar-refractivity contribution in [3.63, 3.8) is 0 Å². The van der Waals surface area contributed by atoms with E-state index in [-0.39, 0.29) is 37.0 Å². The number of carbonyl (C=O) groups is 3. The zero-order chi connectivity index (χ0) is 29.9. The first-order valence-electron chi connectivity index (χ1n) is 15.0. The summed E-state index contributed by atoms with van der Waals surface area (Å²) in [7, 11) is 0. The third kappa shape index (κ3) is 5.14. The summed E-state index contributed by atoms with van der Waals surface area (Å²) in [6, 6.07) is 7.35. The van der Waals surface area contributed by atoms with Crippen LogP contribution >= 0.6 is 0 Å². The average Bonchev–Trinajstić information content (AvgIpc) is 3.47. The molecule has 1 spiro atoms. The first kappa shape index (κ1) is 31.0. The number of nitrogens with zero attached hydrogens (tertiary/aromatic N) is 2. The van der Waals surface area contributed by atoms with Crippen LogP contribution in [-0.2, 0) is 23.9 Å². The number of benzene rings is 1. The van der Waals surface area contributed by atoms with Gasteiger partial charge in [-0.1, -0.05) is 62.8 Å². The summed E-state index contributed by atoms with van der Waals surface area (Å²) >= 11 is 0. The molecule has 3 aliphatic heterocycles. The number of unbranched alkanes of at least 4 members (excludes halogenated alkanes) is 1. The Morgan fingerprint density at radius 1 is 1.27 bits per heavy atom. The maximum atomic E-state index is 14.7. The minimum atomic E-state index is -1.22. The van der Waals surface area contributed by atoms with Crippen molar-refractivity contribution in [2.24, 2.45) is 17.8 Å². The normalized spacial score (nSPS) is 31.4. The average molecular weight is 567 g/mol. The third-order valence-electron chi connectivity index (χ3n) is 9.58. The molecule has 8 nitrogen and oxygen atoms in total. The fourth-order valence-corrected chi connectivity index (χ4v) is 7.53. The Bertz CT molecular complexity index is 1140. The van der Waals surface area contributed by atoms with Crippen molar-refractivity contribution in [1.29, 1.82) is 0 Å². The Morgan fingerprint density at radius 2 is 1.98 bits per heavy atom. The van der Waals surface area contributed by atoms with Gasteiger partial charge in [0, 0.05) is 12.6 Å². The van der Waals surface area contributed by atoms with E-state index in [0.29, 0.717) is 31.4 Å². The van der Waals surface area contributed by atoms with Crippen molar-refractivity contribution in [3.05, 3.63) is 61.2 Å². The molecule has 3 fully saturated rings. The fourth-order valence-electron chi connectivity index (χ4n) is 7.53. The Labute approximate surface area is 244 Å². The number of likely N-dealkylation sites (tertiary alicyclic amines) is 1. The van der Waals surface area contributed by atoms with Crippen molar-refractivity contribution in [3.8, 4) is 0 Å². The lowest BCUT2D eigenvalue weighted by atomic mass is 9.62. The number of hydrogen-bond donors (Lipinski definition) is 1. The van der Waals surface area contributed by atoms with E-state index in [0.717, 1.165) is 12.8 Å². The van der Waals surface area contributed by atoms with Crippen LogP contribution in [0.4, 0.5) is 0 Å². The largest absolute Gasteiger partial charge is 0.465 e. The first-order valence-corrected chi connectivity index (χ1v) is 15.0. The van der Waals surface area contributed by atoms with E-state index >= 15 is 0 Å². The number of amides is 2. The summed E-state index contributed by atoms with van der Waals surface area (Å²) in [5.74, 6) is -2.92. The quantitative estimate of drug-likeness (QED) is 0.203. The van der Waals surface area contributed by atoms with E-state index in [1.807, 2.05) is 51.1 Å². The second kappa shape index (κ2) is 12.5. The Hall–Kier alpha value is -2.97. The second-order valence-corrected chi connectivity index (χ2v) is 12.1. The van der Waals surface area contributed by atoms with Gasteiger partial charge in [-0.15, -0.1) is 13.2 Å². The molecule has 8 heteroatoms. The van der Waals surface area contributed by atoms with Gasteiger partial charge in [-0.3, -0.25) is 14.4 Å². The van der Waals surface area contributed by atoms with Crippen molar-refractivity contribution in [1.82, 2.24) is 9.80 Å². The summed E-state index contributed by atoms with van der Waals surface area (Å²) in [5.41, 5.74) is -1.47. The molecule has 1 aromatic rings. The highest BCUT2D eigenvalue weighted by molar-refractivity contribution is 5.99. The van der Waals surface area contributed by atoms with Crippen LogP contribution in [0.15, 0.2) is 55.6 Å². The number of aliphatic hydroxyl groups is 1. The van der Waals surface area contributed by atoms with Gasteiger partial charge in [0.25, 0.3) is 0 Å². The van der Waals surface area contributed by atoms with Crippen LogP contribution < -0.4 is 0 Å². The van der Waals surface area contributed by atoms with Crippen LogP contribution in [0, 0.1) is 17.8 Å². The van der Waals surface area contributed by atoms with Crippen LogP contribution in [0.1, 0.15) is 71.4 Å². The molecule has 3 aliphatic rings. The summed E-state index contributed by atoms with van der Waals surface area (Å²) in [4.78, 5) is 46.3.